The molecule has 0 aliphatic rings. The molecule has 22 heavy (non-hydrogen) atoms. The molecule has 1 aromatic carbocycles. The Morgan fingerprint density at radius 2 is 1.91 bits per heavy atom. The number of hydrogen-bond acceptors (Lipinski definition) is 3. The zero-order valence-electron chi connectivity index (χ0n) is 13.7. The van der Waals surface area contributed by atoms with Gasteiger partial charge >= 0.3 is 5.97 Å². The lowest BCUT2D eigenvalue weighted by Crippen LogP contribution is -2.24. The molecule has 3 nitrogen and oxygen atoms in total. The van der Waals surface area contributed by atoms with Crippen LogP contribution in [-0.2, 0) is 16.0 Å². The molecule has 0 amide bonds. The number of carbonyl (C=O) groups is 1. The van der Waals surface area contributed by atoms with Crippen molar-refractivity contribution in [1.82, 2.24) is 0 Å². The highest BCUT2D eigenvalue weighted by Gasteiger charge is 2.23. The highest BCUT2D eigenvalue weighted by atomic mass is 19.1. The van der Waals surface area contributed by atoms with Crippen LogP contribution in [0.4, 0.5) is 4.39 Å². The van der Waals surface area contributed by atoms with Gasteiger partial charge in [0.2, 0.25) is 0 Å². The highest BCUT2D eigenvalue weighted by molar-refractivity contribution is 5.75. The number of halogens is 1. The van der Waals surface area contributed by atoms with E-state index in [4.69, 9.17) is 4.74 Å². The van der Waals surface area contributed by atoms with E-state index in [-0.39, 0.29) is 24.9 Å². The number of carbonyl (C=O) groups excluding carboxylic acids is 1. The molecule has 0 heterocycles. The van der Waals surface area contributed by atoms with Gasteiger partial charge in [-0.2, -0.15) is 0 Å². The highest BCUT2D eigenvalue weighted by Crippen LogP contribution is 2.17. The van der Waals surface area contributed by atoms with Gasteiger partial charge in [0.1, 0.15) is 11.9 Å². The van der Waals surface area contributed by atoms with Crippen LogP contribution in [0.3, 0.4) is 0 Å². The van der Waals surface area contributed by atoms with Crippen LogP contribution in [0.25, 0.3) is 0 Å². The van der Waals surface area contributed by atoms with E-state index in [9.17, 15) is 14.3 Å². The lowest BCUT2D eigenvalue weighted by molar-refractivity contribution is -0.153. The molecule has 0 saturated heterocycles. The summed E-state index contributed by atoms with van der Waals surface area (Å²) in [5.41, 5.74) is 0.291. The van der Waals surface area contributed by atoms with Gasteiger partial charge in [-0.15, -0.1) is 0 Å². The normalized spacial score (nSPS) is 15.3. The van der Waals surface area contributed by atoms with Crippen LogP contribution in [0.2, 0.25) is 0 Å². The van der Waals surface area contributed by atoms with E-state index in [1.165, 1.54) is 6.08 Å². The van der Waals surface area contributed by atoms with Gasteiger partial charge in [0.25, 0.3) is 0 Å². The van der Waals surface area contributed by atoms with Gasteiger partial charge in [-0.25, -0.2) is 4.39 Å². The number of aliphatic hydroxyl groups excluding tert-OH is 1. The summed E-state index contributed by atoms with van der Waals surface area (Å²) in [6.07, 6.45) is 0.351. The monoisotopic (exact) mass is 308 g/mol. The minimum atomic E-state index is -1.18. The average molecular weight is 308 g/mol. The molecule has 0 unspecified atom stereocenters. The Morgan fingerprint density at radius 1 is 1.32 bits per heavy atom. The summed E-state index contributed by atoms with van der Waals surface area (Å²) in [7, 11) is 0. The van der Waals surface area contributed by atoms with E-state index in [0.717, 1.165) is 5.56 Å². The maximum atomic E-state index is 14.0. The van der Waals surface area contributed by atoms with E-state index in [2.05, 4.69) is 0 Å². The summed E-state index contributed by atoms with van der Waals surface area (Å²) < 4.78 is 19.1. The van der Waals surface area contributed by atoms with Crippen LogP contribution in [0.5, 0.6) is 0 Å². The molecule has 122 valence electrons. The Bertz CT molecular complexity index is 503. The first-order valence-electron chi connectivity index (χ1n) is 7.46. The van der Waals surface area contributed by atoms with E-state index < -0.39 is 17.3 Å². The Morgan fingerprint density at radius 3 is 2.45 bits per heavy atom. The summed E-state index contributed by atoms with van der Waals surface area (Å²) in [6.45, 7) is 7.13. The van der Waals surface area contributed by atoms with Gasteiger partial charge in [-0.3, -0.25) is 4.79 Å². The zero-order valence-corrected chi connectivity index (χ0v) is 13.7. The predicted molar refractivity (Wildman–Crippen MR) is 84.9 cm³/mol. The summed E-state index contributed by atoms with van der Waals surface area (Å²) in [4.78, 5) is 11.6. The molecular formula is C18H25FO3. The second-order valence-corrected chi connectivity index (χ2v) is 6.58. The molecule has 0 aliphatic heterocycles. The van der Waals surface area contributed by atoms with Crippen LogP contribution in [0, 0.1) is 11.3 Å². The maximum Gasteiger partial charge on any atom is 0.311 e. The maximum absolute atomic E-state index is 14.0. The van der Waals surface area contributed by atoms with Crippen molar-refractivity contribution in [3.63, 3.8) is 0 Å². The molecule has 0 radical (unpaired) electrons. The van der Waals surface area contributed by atoms with Crippen LogP contribution in [0.1, 0.15) is 33.3 Å². The van der Waals surface area contributed by atoms with Crippen LogP contribution >= 0.6 is 0 Å². The zero-order chi connectivity index (χ0) is 16.8. The summed E-state index contributed by atoms with van der Waals surface area (Å²) >= 11 is 0. The lowest BCUT2D eigenvalue weighted by atomic mass is 9.97. The Balaban J connectivity index is 2.51. The molecule has 0 aromatic heterocycles. The third kappa shape index (κ3) is 6.39. The van der Waals surface area contributed by atoms with Crippen molar-refractivity contribution in [2.24, 2.45) is 11.3 Å². The van der Waals surface area contributed by atoms with E-state index in [1.54, 1.807) is 27.7 Å². The molecule has 0 aliphatic carbocycles. The van der Waals surface area contributed by atoms with Gasteiger partial charge in [-0.05, 0) is 32.4 Å². The third-order valence-electron chi connectivity index (χ3n) is 3.12. The lowest BCUT2D eigenvalue weighted by Gasteiger charge is -2.18. The minimum absolute atomic E-state index is 0.0988. The van der Waals surface area contributed by atoms with Crippen molar-refractivity contribution in [2.45, 2.75) is 40.2 Å². The fraction of sp³-hybridized carbons (Fsp3) is 0.500. The number of benzene rings is 1. The molecule has 2 atom stereocenters. The van der Waals surface area contributed by atoms with E-state index in [0.29, 0.717) is 0 Å². The van der Waals surface area contributed by atoms with Crippen molar-refractivity contribution in [1.29, 1.82) is 0 Å². The molecule has 1 aromatic rings. The summed E-state index contributed by atoms with van der Waals surface area (Å²) in [5.74, 6) is -1.21. The second kappa shape index (κ2) is 8.08. The van der Waals surface area contributed by atoms with Gasteiger partial charge < -0.3 is 9.84 Å². The fourth-order valence-electron chi connectivity index (χ4n) is 1.79. The van der Waals surface area contributed by atoms with E-state index in [1.807, 2.05) is 30.3 Å². The van der Waals surface area contributed by atoms with Crippen molar-refractivity contribution >= 4 is 5.97 Å². The number of rotatable bonds is 6. The molecule has 1 N–H and O–H groups in total. The molecule has 0 bridgehead atoms. The van der Waals surface area contributed by atoms with Gasteiger partial charge in [0, 0.05) is 12.3 Å². The number of esters is 1. The Kier molecular flexibility index (Phi) is 6.75. The van der Waals surface area contributed by atoms with Crippen molar-refractivity contribution < 1.29 is 19.0 Å². The number of aliphatic hydroxyl groups is 1. The minimum Gasteiger partial charge on any atom is -0.465 e. The van der Waals surface area contributed by atoms with Gasteiger partial charge in [0.05, 0.1) is 12.0 Å². The van der Waals surface area contributed by atoms with E-state index >= 15 is 0 Å². The van der Waals surface area contributed by atoms with Crippen LogP contribution < -0.4 is 0 Å². The third-order valence-corrected chi connectivity index (χ3v) is 3.12. The number of ether oxygens (including phenoxy) is 1. The predicted octanol–water partition coefficient (Wildman–Crippen LogP) is 3.67. The molecule has 0 fully saturated rings. The van der Waals surface area contributed by atoms with Crippen LogP contribution in [0.15, 0.2) is 42.2 Å². The average Bonchev–Trinajstić information content (AvgIpc) is 2.44. The smallest absolute Gasteiger partial charge is 0.311 e. The Labute approximate surface area is 131 Å². The molecule has 1 rings (SSSR count). The van der Waals surface area contributed by atoms with Gasteiger partial charge in [-0.1, -0.05) is 37.3 Å². The Hall–Kier alpha value is -1.68. The van der Waals surface area contributed by atoms with Crippen molar-refractivity contribution in [3.8, 4) is 0 Å². The molecule has 4 heteroatoms. The first-order valence-corrected chi connectivity index (χ1v) is 7.46. The SMILES string of the molecule is C[C@H](/C=C(\F)[C@@H](O)Cc1ccccc1)COC(=O)C(C)(C)C. The van der Waals surface area contributed by atoms with Crippen molar-refractivity contribution in [3.05, 3.63) is 47.8 Å². The first kappa shape index (κ1) is 18.4. The summed E-state index contributed by atoms with van der Waals surface area (Å²) in [6, 6.07) is 9.24. The molecular weight excluding hydrogens is 283 g/mol. The first-order chi connectivity index (χ1) is 10.2. The number of hydrogen-bond donors (Lipinski definition) is 1. The van der Waals surface area contributed by atoms with Crippen LogP contribution in [-0.4, -0.2) is 23.8 Å². The standard InChI is InChI=1S/C18H25FO3/c1-13(12-22-17(21)18(2,3)4)10-15(19)16(20)11-14-8-6-5-7-9-14/h5-10,13,16,20H,11-12H2,1-4H3/b15-10-/t13-,16+/m1/s1. The summed E-state index contributed by atoms with van der Waals surface area (Å²) in [5, 5.41) is 9.88. The molecule has 0 spiro atoms. The molecule has 0 saturated carbocycles. The fourth-order valence-corrected chi connectivity index (χ4v) is 1.79. The van der Waals surface area contributed by atoms with Crippen molar-refractivity contribution in [2.75, 3.05) is 6.61 Å². The topological polar surface area (TPSA) is 46.5 Å². The second-order valence-electron chi connectivity index (χ2n) is 6.58. The largest absolute Gasteiger partial charge is 0.465 e. The quantitative estimate of drug-likeness (QED) is 0.816. The van der Waals surface area contributed by atoms with Gasteiger partial charge in [0.15, 0.2) is 0 Å².